The first-order chi connectivity index (χ1) is 15.4. The topological polar surface area (TPSA) is 72.0 Å². The van der Waals surface area contributed by atoms with Gasteiger partial charge in [0.15, 0.2) is 11.5 Å². The van der Waals surface area contributed by atoms with E-state index in [1.165, 1.54) is 19.2 Å². The number of fused-ring (bicyclic) bond motifs is 1. The van der Waals surface area contributed by atoms with Crippen molar-refractivity contribution in [3.8, 4) is 11.5 Å². The third-order valence-electron chi connectivity index (χ3n) is 5.69. The second kappa shape index (κ2) is 8.82. The first-order valence-corrected chi connectivity index (χ1v) is 10.3. The summed E-state index contributed by atoms with van der Waals surface area (Å²) in [7, 11) is 3.07. The Morgan fingerprint density at radius 2 is 1.53 bits per heavy atom. The number of nitrogens with zero attached hydrogens (tertiary/aromatic N) is 3. The van der Waals surface area contributed by atoms with Gasteiger partial charge >= 0.3 is 0 Å². The Morgan fingerprint density at radius 1 is 0.875 bits per heavy atom. The number of hydrogen-bond donors (Lipinski definition) is 0. The lowest BCUT2D eigenvalue weighted by Gasteiger charge is -2.35. The van der Waals surface area contributed by atoms with E-state index in [1.807, 2.05) is 0 Å². The summed E-state index contributed by atoms with van der Waals surface area (Å²) >= 11 is 0. The number of pyridine rings is 1. The molecule has 1 saturated heterocycles. The fourth-order valence-electron chi connectivity index (χ4n) is 3.89. The third kappa shape index (κ3) is 4.08. The van der Waals surface area contributed by atoms with Crippen LogP contribution >= 0.6 is 0 Å². The number of methoxy groups -OCH3 is 2. The van der Waals surface area contributed by atoms with Crippen LogP contribution in [0.1, 0.15) is 26.4 Å². The molecule has 3 aromatic rings. The molecule has 0 atom stereocenters. The highest BCUT2D eigenvalue weighted by Crippen LogP contribution is 2.28. The average molecular weight is 437 g/mol. The highest BCUT2D eigenvalue weighted by molar-refractivity contribution is 5.99. The molecular weight excluding hydrogens is 413 g/mol. The molecule has 1 aromatic heterocycles. The van der Waals surface area contributed by atoms with Crippen molar-refractivity contribution in [2.24, 2.45) is 0 Å². The van der Waals surface area contributed by atoms with Gasteiger partial charge < -0.3 is 19.3 Å². The van der Waals surface area contributed by atoms with Crippen LogP contribution in [0.5, 0.6) is 11.5 Å². The Hall–Kier alpha value is -3.68. The standard InChI is InChI=1S/C24H24FN3O4/c1-15-19(12-16-4-6-18(25)14-20(16)26-15)24(30)28-10-8-27(9-11-28)23(29)17-5-7-21(31-2)22(13-17)32-3/h4-7,12-14H,8-11H2,1-3H3. The maximum atomic E-state index is 13.5. The van der Waals surface area contributed by atoms with Gasteiger partial charge in [-0.15, -0.1) is 0 Å². The van der Waals surface area contributed by atoms with Crippen molar-refractivity contribution in [3.63, 3.8) is 0 Å². The van der Waals surface area contributed by atoms with Gasteiger partial charge in [-0.2, -0.15) is 0 Å². The minimum Gasteiger partial charge on any atom is -0.493 e. The second-order valence-corrected chi connectivity index (χ2v) is 7.61. The molecule has 166 valence electrons. The van der Waals surface area contributed by atoms with Crippen LogP contribution in [0.3, 0.4) is 0 Å². The molecule has 1 fully saturated rings. The molecule has 32 heavy (non-hydrogen) atoms. The molecule has 2 heterocycles. The van der Waals surface area contributed by atoms with Gasteiger partial charge in [-0.25, -0.2) is 4.39 Å². The van der Waals surface area contributed by atoms with Crippen molar-refractivity contribution in [1.29, 1.82) is 0 Å². The minimum absolute atomic E-state index is 0.122. The van der Waals surface area contributed by atoms with Gasteiger partial charge in [0.2, 0.25) is 0 Å². The summed E-state index contributed by atoms with van der Waals surface area (Å²) in [4.78, 5) is 33.9. The normalized spacial score (nSPS) is 13.9. The van der Waals surface area contributed by atoms with Gasteiger partial charge in [0.1, 0.15) is 5.82 Å². The van der Waals surface area contributed by atoms with Crippen molar-refractivity contribution < 1.29 is 23.5 Å². The second-order valence-electron chi connectivity index (χ2n) is 7.61. The summed E-state index contributed by atoms with van der Waals surface area (Å²) in [5, 5.41) is 0.711. The molecule has 4 rings (SSSR count). The van der Waals surface area contributed by atoms with E-state index >= 15 is 0 Å². The molecule has 7 nitrogen and oxygen atoms in total. The monoisotopic (exact) mass is 437 g/mol. The number of aromatic nitrogens is 1. The van der Waals surface area contributed by atoms with Gasteiger partial charge in [-0.1, -0.05) is 0 Å². The lowest BCUT2D eigenvalue weighted by atomic mass is 10.1. The van der Waals surface area contributed by atoms with E-state index in [0.717, 1.165) is 0 Å². The number of amides is 2. The predicted molar refractivity (Wildman–Crippen MR) is 118 cm³/mol. The molecule has 2 amide bonds. The van der Waals surface area contributed by atoms with E-state index in [-0.39, 0.29) is 17.6 Å². The molecule has 0 bridgehead atoms. The molecule has 0 radical (unpaired) electrons. The van der Waals surface area contributed by atoms with Crippen molar-refractivity contribution in [2.75, 3.05) is 40.4 Å². The molecule has 0 unspecified atom stereocenters. The third-order valence-corrected chi connectivity index (χ3v) is 5.69. The van der Waals surface area contributed by atoms with Crippen LogP contribution in [0, 0.1) is 12.7 Å². The van der Waals surface area contributed by atoms with Gasteiger partial charge in [-0.05, 0) is 43.3 Å². The van der Waals surface area contributed by atoms with Gasteiger partial charge in [0.25, 0.3) is 11.8 Å². The van der Waals surface area contributed by atoms with Gasteiger partial charge in [-0.3, -0.25) is 14.6 Å². The highest BCUT2D eigenvalue weighted by atomic mass is 19.1. The maximum Gasteiger partial charge on any atom is 0.255 e. The lowest BCUT2D eigenvalue weighted by molar-refractivity contribution is 0.0534. The Bertz CT molecular complexity index is 1190. The highest BCUT2D eigenvalue weighted by Gasteiger charge is 2.27. The van der Waals surface area contributed by atoms with Crippen molar-refractivity contribution >= 4 is 22.7 Å². The van der Waals surface area contributed by atoms with Gasteiger partial charge in [0.05, 0.1) is 31.0 Å². The maximum absolute atomic E-state index is 13.5. The number of carbonyl (C=O) groups is 2. The average Bonchev–Trinajstić information content (AvgIpc) is 2.82. The summed E-state index contributed by atoms with van der Waals surface area (Å²) in [6.07, 6.45) is 0. The first-order valence-electron chi connectivity index (χ1n) is 10.3. The largest absolute Gasteiger partial charge is 0.493 e. The SMILES string of the molecule is COc1ccc(C(=O)N2CCN(C(=O)c3cc4ccc(F)cc4nc3C)CC2)cc1OC. The summed E-state index contributed by atoms with van der Waals surface area (Å²) in [5.74, 6) is 0.426. The van der Waals surface area contributed by atoms with Crippen molar-refractivity contribution in [2.45, 2.75) is 6.92 Å². The van der Waals surface area contributed by atoms with Crippen LogP contribution in [0.15, 0.2) is 42.5 Å². The number of hydrogen-bond acceptors (Lipinski definition) is 5. The zero-order chi connectivity index (χ0) is 22.8. The molecule has 1 aliphatic rings. The molecular formula is C24H24FN3O4. The zero-order valence-corrected chi connectivity index (χ0v) is 18.2. The predicted octanol–water partition coefficient (Wildman–Crippen LogP) is 3.30. The molecule has 0 aliphatic carbocycles. The van der Waals surface area contributed by atoms with Crippen LogP contribution in [0.2, 0.25) is 0 Å². The number of benzene rings is 2. The molecule has 0 saturated carbocycles. The Labute approximate surface area is 185 Å². The van der Waals surface area contributed by atoms with Crippen LogP contribution in [0.25, 0.3) is 10.9 Å². The molecule has 0 spiro atoms. The smallest absolute Gasteiger partial charge is 0.255 e. The molecule has 1 aliphatic heterocycles. The van der Waals surface area contributed by atoms with E-state index in [2.05, 4.69) is 4.98 Å². The summed E-state index contributed by atoms with van der Waals surface area (Å²) < 4.78 is 24.0. The zero-order valence-electron chi connectivity index (χ0n) is 18.2. The summed E-state index contributed by atoms with van der Waals surface area (Å²) in [5.41, 5.74) is 2.06. The number of aryl methyl sites for hydroxylation is 1. The Balaban J connectivity index is 1.46. The van der Waals surface area contributed by atoms with E-state index in [1.54, 1.807) is 54.2 Å². The van der Waals surface area contributed by atoms with Crippen LogP contribution in [-0.2, 0) is 0 Å². The first kappa shape index (κ1) is 21.5. The van der Waals surface area contributed by atoms with Gasteiger partial charge in [0, 0.05) is 43.2 Å². The Morgan fingerprint density at radius 3 is 2.19 bits per heavy atom. The van der Waals surface area contributed by atoms with Crippen LogP contribution in [0.4, 0.5) is 4.39 Å². The number of carbonyl (C=O) groups excluding carboxylic acids is 2. The van der Waals surface area contributed by atoms with E-state index in [9.17, 15) is 14.0 Å². The van der Waals surface area contributed by atoms with Crippen molar-refractivity contribution in [3.05, 3.63) is 65.1 Å². The summed E-state index contributed by atoms with van der Waals surface area (Å²) in [6.45, 7) is 3.42. The van der Waals surface area contributed by atoms with Crippen molar-refractivity contribution in [1.82, 2.24) is 14.8 Å². The number of ether oxygens (including phenoxy) is 2. The number of piperazine rings is 1. The quantitative estimate of drug-likeness (QED) is 0.626. The number of halogens is 1. The fraction of sp³-hybridized carbons (Fsp3) is 0.292. The lowest BCUT2D eigenvalue weighted by Crippen LogP contribution is -2.50. The Kier molecular flexibility index (Phi) is 5.94. The molecule has 2 aromatic carbocycles. The summed E-state index contributed by atoms with van der Waals surface area (Å²) in [6, 6.07) is 11.1. The van der Waals surface area contributed by atoms with E-state index in [4.69, 9.17) is 9.47 Å². The number of rotatable bonds is 4. The molecule has 8 heteroatoms. The molecule has 0 N–H and O–H groups in total. The van der Waals surface area contributed by atoms with Crippen LogP contribution in [-0.4, -0.2) is 67.0 Å². The fourth-order valence-corrected chi connectivity index (χ4v) is 3.89. The minimum atomic E-state index is -0.362. The van der Waals surface area contributed by atoms with E-state index in [0.29, 0.717) is 65.4 Å². The van der Waals surface area contributed by atoms with E-state index < -0.39 is 0 Å². The van der Waals surface area contributed by atoms with Crippen LogP contribution < -0.4 is 9.47 Å².